The van der Waals surface area contributed by atoms with Gasteiger partial charge in [0.1, 0.15) is 23.0 Å². The molecule has 1 amide bonds. The van der Waals surface area contributed by atoms with E-state index in [-0.39, 0.29) is 23.3 Å². The van der Waals surface area contributed by atoms with E-state index in [4.69, 9.17) is 4.42 Å². The summed E-state index contributed by atoms with van der Waals surface area (Å²) in [6.45, 7) is 0.534. The highest BCUT2D eigenvalue weighted by molar-refractivity contribution is 7.99. The molecule has 210 valence electrons. The Morgan fingerprint density at radius 3 is 2.52 bits per heavy atom. The third-order valence-electron chi connectivity index (χ3n) is 7.27. The number of carbonyl (C=O) groups excluding carboxylic acids is 1. The van der Waals surface area contributed by atoms with Crippen LogP contribution in [0.3, 0.4) is 0 Å². The Morgan fingerprint density at radius 2 is 1.85 bits per heavy atom. The molecule has 1 aliphatic rings. The lowest BCUT2D eigenvalue weighted by Crippen LogP contribution is -2.39. The lowest BCUT2D eigenvalue weighted by Gasteiger charge is -2.34. The maximum absolute atomic E-state index is 13.9. The van der Waals surface area contributed by atoms with Crippen LogP contribution in [0.15, 0.2) is 70.0 Å². The Labute approximate surface area is 236 Å². The van der Waals surface area contributed by atoms with E-state index in [1.807, 2.05) is 29.7 Å². The normalized spacial score (nSPS) is 16.3. The minimum atomic E-state index is -3.91. The Hall–Kier alpha value is -3.41. The predicted molar refractivity (Wildman–Crippen MR) is 154 cm³/mol. The first-order valence-corrected chi connectivity index (χ1v) is 15.4. The zero-order valence-corrected chi connectivity index (χ0v) is 23.9. The highest BCUT2D eigenvalue weighted by atomic mass is 32.2. The lowest BCUT2D eigenvalue weighted by atomic mass is 9.89. The zero-order chi connectivity index (χ0) is 28.6. The van der Waals surface area contributed by atoms with Gasteiger partial charge in [-0.25, -0.2) is 17.2 Å². The fourth-order valence-corrected chi connectivity index (χ4v) is 7.10. The Morgan fingerprint density at radius 1 is 1.10 bits per heavy atom. The van der Waals surface area contributed by atoms with E-state index in [2.05, 4.69) is 5.32 Å². The number of fused-ring (bicyclic) bond motifs is 1. The van der Waals surface area contributed by atoms with Crippen molar-refractivity contribution < 1.29 is 26.4 Å². The van der Waals surface area contributed by atoms with Crippen molar-refractivity contribution in [3.8, 4) is 11.3 Å². The predicted octanol–water partition coefficient (Wildman–Crippen LogP) is 6.02. The van der Waals surface area contributed by atoms with Crippen molar-refractivity contribution in [1.82, 2.24) is 9.62 Å². The molecule has 1 atom stereocenters. The molecule has 0 saturated carbocycles. The van der Waals surface area contributed by atoms with E-state index in [1.54, 1.807) is 12.1 Å². The number of halogens is 2. The molecule has 7 nitrogen and oxygen atoms in total. The first-order valence-electron chi connectivity index (χ1n) is 12.8. The monoisotopic (exact) mass is 585 g/mol. The number of amides is 1. The molecule has 0 spiro atoms. The topological polar surface area (TPSA) is 82.9 Å². The van der Waals surface area contributed by atoms with Crippen LogP contribution >= 0.6 is 11.9 Å². The van der Waals surface area contributed by atoms with Crippen LogP contribution in [0.5, 0.6) is 0 Å². The van der Waals surface area contributed by atoms with E-state index < -0.39 is 21.7 Å². The molecule has 0 aliphatic carbocycles. The van der Waals surface area contributed by atoms with Crippen LogP contribution in [-0.2, 0) is 10.0 Å². The van der Waals surface area contributed by atoms with Crippen LogP contribution in [0, 0.1) is 11.6 Å². The number of piperidine rings is 1. The smallest absolute Gasteiger partial charge is 0.255 e. The summed E-state index contributed by atoms with van der Waals surface area (Å²) in [7, 11) is -0.470. The molecule has 40 heavy (non-hydrogen) atoms. The number of rotatable bonds is 7. The molecule has 3 aromatic carbocycles. The first kappa shape index (κ1) is 28.1. The minimum absolute atomic E-state index is 0.0780. The van der Waals surface area contributed by atoms with Crippen molar-refractivity contribution in [2.75, 3.05) is 37.7 Å². The molecular formula is C29H29F2N3O4S2. The number of nitrogens with zero attached hydrogens (tertiary/aromatic N) is 2. The maximum atomic E-state index is 13.9. The van der Waals surface area contributed by atoms with Gasteiger partial charge in [0.2, 0.25) is 10.0 Å². The van der Waals surface area contributed by atoms with Gasteiger partial charge in [-0.3, -0.25) is 4.79 Å². The first-order chi connectivity index (χ1) is 19.1. The standard InChI is InChI=1S/C29H29F2N3O4S2/c1-32-29(35)27-24-15-23(19-6-5-13-34(17-19)40(36,37)22-8-4-7-21(31)14-22)25(33(2)39-3)16-26(24)38-28(27)18-9-11-20(30)12-10-18/h4,7-12,14-16,19H,5-6,13,17H2,1-3H3,(H,32,35)/t19-/m0/s1. The third kappa shape index (κ3) is 5.21. The maximum Gasteiger partial charge on any atom is 0.255 e. The molecule has 1 fully saturated rings. The number of benzene rings is 3. The molecule has 11 heteroatoms. The lowest BCUT2D eigenvalue weighted by molar-refractivity contribution is 0.0964. The molecule has 4 aromatic rings. The number of carbonyl (C=O) groups is 1. The molecule has 1 N–H and O–H groups in total. The molecular weight excluding hydrogens is 556 g/mol. The highest BCUT2D eigenvalue weighted by Crippen LogP contribution is 2.42. The summed E-state index contributed by atoms with van der Waals surface area (Å²) in [5.74, 6) is -1.23. The average Bonchev–Trinajstić information content (AvgIpc) is 3.34. The van der Waals surface area contributed by atoms with Crippen molar-refractivity contribution in [3.05, 3.63) is 83.4 Å². The summed E-state index contributed by atoms with van der Waals surface area (Å²) in [5, 5.41) is 3.25. The fraction of sp³-hybridized carbons (Fsp3) is 0.276. The minimum Gasteiger partial charge on any atom is -0.455 e. The summed E-state index contributed by atoms with van der Waals surface area (Å²) < 4.78 is 63.9. The SMILES string of the molecule is CNC(=O)c1c(-c2ccc(F)cc2)oc2cc(N(C)SC)c([C@H]3CCCN(S(=O)(=O)c4cccc(F)c4)C3)cc12. The van der Waals surface area contributed by atoms with Crippen molar-refractivity contribution >= 4 is 44.5 Å². The molecule has 0 unspecified atom stereocenters. The number of anilines is 1. The van der Waals surface area contributed by atoms with Gasteiger partial charge in [0.15, 0.2) is 0 Å². The highest BCUT2D eigenvalue weighted by Gasteiger charge is 2.33. The second-order valence-electron chi connectivity index (χ2n) is 9.64. The number of sulfonamides is 1. The van der Waals surface area contributed by atoms with Crippen LogP contribution in [0.1, 0.15) is 34.7 Å². The van der Waals surface area contributed by atoms with Crippen LogP contribution < -0.4 is 9.62 Å². The van der Waals surface area contributed by atoms with E-state index in [1.165, 1.54) is 53.6 Å². The molecule has 1 saturated heterocycles. The van der Waals surface area contributed by atoms with Crippen molar-refractivity contribution in [3.63, 3.8) is 0 Å². The van der Waals surface area contributed by atoms with Crippen LogP contribution in [-0.4, -0.2) is 52.1 Å². The summed E-state index contributed by atoms with van der Waals surface area (Å²) >= 11 is 1.49. The van der Waals surface area contributed by atoms with Gasteiger partial charge in [-0.15, -0.1) is 0 Å². The fourth-order valence-electron chi connectivity index (χ4n) is 5.19. The molecule has 5 rings (SSSR count). The molecule has 1 aromatic heterocycles. The quantitative estimate of drug-likeness (QED) is 0.267. The Kier molecular flexibility index (Phi) is 7.89. The van der Waals surface area contributed by atoms with Gasteiger partial charge < -0.3 is 14.0 Å². The van der Waals surface area contributed by atoms with E-state index in [0.717, 1.165) is 23.7 Å². The molecule has 2 heterocycles. The van der Waals surface area contributed by atoms with Crippen LogP contribution in [0.25, 0.3) is 22.3 Å². The van der Waals surface area contributed by atoms with Gasteiger partial charge in [0, 0.05) is 50.5 Å². The van der Waals surface area contributed by atoms with Gasteiger partial charge in [-0.2, -0.15) is 4.31 Å². The third-order valence-corrected chi connectivity index (χ3v) is 9.87. The van der Waals surface area contributed by atoms with E-state index in [9.17, 15) is 22.0 Å². The molecule has 0 bridgehead atoms. The van der Waals surface area contributed by atoms with Crippen molar-refractivity contribution in [2.24, 2.45) is 0 Å². The summed E-state index contributed by atoms with van der Waals surface area (Å²) in [6.07, 6.45) is 3.28. The second-order valence-corrected chi connectivity index (χ2v) is 12.5. The van der Waals surface area contributed by atoms with Gasteiger partial charge in [-0.1, -0.05) is 18.0 Å². The number of hydrogen-bond donors (Lipinski definition) is 1. The van der Waals surface area contributed by atoms with Gasteiger partial charge in [-0.05, 0) is 72.9 Å². The number of hydrogen-bond acceptors (Lipinski definition) is 6. The van der Waals surface area contributed by atoms with Gasteiger partial charge in [0.05, 0.1) is 16.1 Å². The Bertz CT molecular complexity index is 1670. The number of furan rings is 1. The largest absolute Gasteiger partial charge is 0.455 e. The van der Waals surface area contributed by atoms with Crippen LogP contribution in [0.4, 0.5) is 14.5 Å². The summed E-state index contributed by atoms with van der Waals surface area (Å²) in [4.78, 5) is 13.0. The average molecular weight is 586 g/mol. The van der Waals surface area contributed by atoms with E-state index in [0.29, 0.717) is 40.8 Å². The Balaban J connectivity index is 1.63. The van der Waals surface area contributed by atoms with Gasteiger partial charge >= 0.3 is 0 Å². The summed E-state index contributed by atoms with van der Waals surface area (Å²) in [5.41, 5.74) is 3.07. The van der Waals surface area contributed by atoms with Crippen molar-refractivity contribution in [2.45, 2.75) is 23.7 Å². The summed E-state index contributed by atoms with van der Waals surface area (Å²) in [6, 6.07) is 14.6. The number of nitrogens with one attached hydrogen (secondary N) is 1. The molecule has 0 radical (unpaired) electrons. The van der Waals surface area contributed by atoms with E-state index >= 15 is 0 Å². The second kappa shape index (κ2) is 11.2. The zero-order valence-electron chi connectivity index (χ0n) is 22.3. The van der Waals surface area contributed by atoms with Gasteiger partial charge in [0.25, 0.3) is 5.91 Å². The molecule has 1 aliphatic heterocycles. The van der Waals surface area contributed by atoms with Crippen molar-refractivity contribution in [1.29, 1.82) is 0 Å². The van der Waals surface area contributed by atoms with Crippen LogP contribution in [0.2, 0.25) is 0 Å².